The van der Waals surface area contributed by atoms with Crippen LogP contribution in [0.5, 0.6) is 11.5 Å². The van der Waals surface area contributed by atoms with Gasteiger partial charge in [-0.15, -0.1) is 0 Å². The molecule has 2 aromatic heterocycles. The largest absolute Gasteiger partial charge is 0.497 e. The van der Waals surface area contributed by atoms with Crippen molar-refractivity contribution < 1.29 is 19.1 Å². The smallest absolute Gasteiger partial charge is 0.246 e. The molecule has 0 fully saturated rings. The first kappa shape index (κ1) is 17.9. The number of anilines is 1. The summed E-state index contributed by atoms with van der Waals surface area (Å²) in [6.07, 6.45) is 1.82. The van der Waals surface area contributed by atoms with Crippen molar-refractivity contribution in [2.75, 3.05) is 19.5 Å². The summed E-state index contributed by atoms with van der Waals surface area (Å²) in [5, 5.41) is 4.07. The molecule has 0 aliphatic rings. The van der Waals surface area contributed by atoms with E-state index in [9.17, 15) is 9.59 Å². The van der Waals surface area contributed by atoms with Gasteiger partial charge in [0.05, 0.1) is 30.3 Å². The zero-order valence-electron chi connectivity index (χ0n) is 15.0. The molecule has 3 rings (SSSR count). The van der Waals surface area contributed by atoms with Gasteiger partial charge in [0.25, 0.3) is 0 Å². The highest BCUT2D eigenvalue weighted by atomic mass is 32.1. The number of benzene rings is 1. The normalized spacial score (nSPS) is 10.8. The van der Waals surface area contributed by atoms with E-state index < -0.39 is 0 Å². The number of ether oxygens (including phenoxy) is 2. The number of ketones is 1. The number of aryl methyl sites for hydroxylation is 1. The third-order valence-electron chi connectivity index (χ3n) is 3.96. The Morgan fingerprint density at radius 1 is 1.27 bits per heavy atom. The van der Waals surface area contributed by atoms with Crippen LogP contribution < -0.4 is 14.8 Å². The number of Topliss-reactive ketones (excluding diaryl/α,β-unsaturated/α-hetero) is 1. The van der Waals surface area contributed by atoms with Crippen molar-refractivity contribution in [2.45, 2.75) is 20.4 Å². The highest BCUT2D eigenvalue weighted by Gasteiger charge is 2.15. The Hall–Kier alpha value is -2.87. The Kier molecular flexibility index (Phi) is 4.94. The van der Waals surface area contributed by atoms with E-state index >= 15 is 0 Å². The summed E-state index contributed by atoms with van der Waals surface area (Å²) in [6, 6.07) is 5.54. The van der Waals surface area contributed by atoms with E-state index in [0.717, 1.165) is 10.9 Å². The van der Waals surface area contributed by atoms with Gasteiger partial charge < -0.3 is 19.4 Å². The van der Waals surface area contributed by atoms with Gasteiger partial charge in [0, 0.05) is 30.6 Å². The van der Waals surface area contributed by atoms with E-state index in [-0.39, 0.29) is 18.2 Å². The van der Waals surface area contributed by atoms with Crippen molar-refractivity contribution in [2.24, 2.45) is 0 Å². The number of rotatable bonds is 6. The van der Waals surface area contributed by atoms with Gasteiger partial charge in [-0.3, -0.25) is 9.59 Å². The quantitative estimate of drug-likeness (QED) is 0.671. The van der Waals surface area contributed by atoms with Crippen LogP contribution in [0, 0.1) is 6.92 Å². The number of hydrogen-bond donors (Lipinski definition) is 1. The van der Waals surface area contributed by atoms with Crippen molar-refractivity contribution in [3.05, 3.63) is 35.0 Å². The van der Waals surface area contributed by atoms with Crippen LogP contribution in [-0.4, -0.2) is 35.5 Å². The first-order chi connectivity index (χ1) is 12.4. The van der Waals surface area contributed by atoms with Crippen LogP contribution in [0.25, 0.3) is 10.9 Å². The predicted octanol–water partition coefficient (Wildman–Crippen LogP) is 3.26. The number of nitrogens with one attached hydrogen (secondary N) is 1. The number of carbonyl (C=O) groups excluding carboxylic acids is 2. The molecule has 0 saturated carbocycles. The van der Waals surface area contributed by atoms with Gasteiger partial charge in [-0.05, 0) is 13.0 Å². The van der Waals surface area contributed by atoms with E-state index in [0.29, 0.717) is 27.2 Å². The molecule has 0 saturated heterocycles. The van der Waals surface area contributed by atoms with Gasteiger partial charge in [0.1, 0.15) is 18.0 Å². The van der Waals surface area contributed by atoms with Crippen molar-refractivity contribution in [3.63, 3.8) is 0 Å². The fourth-order valence-corrected chi connectivity index (χ4v) is 3.63. The first-order valence-corrected chi connectivity index (χ1v) is 8.73. The maximum Gasteiger partial charge on any atom is 0.246 e. The Labute approximate surface area is 154 Å². The molecule has 3 aromatic rings. The Bertz CT molecular complexity index is 990. The average molecular weight is 373 g/mol. The third kappa shape index (κ3) is 3.41. The van der Waals surface area contributed by atoms with Crippen LogP contribution in [0.3, 0.4) is 0 Å². The second-order valence-corrected chi connectivity index (χ2v) is 6.74. The molecule has 1 aromatic carbocycles. The van der Waals surface area contributed by atoms with Crippen LogP contribution in [0.15, 0.2) is 24.4 Å². The van der Waals surface area contributed by atoms with Crippen LogP contribution in [-0.2, 0) is 11.3 Å². The monoisotopic (exact) mass is 373 g/mol. The number of fused-ring (bicyclic) bond motifs is 1. The molecule has 0 radical (unpaired) electrons. The number of amides is 1. The van der Waals surface area contributed by atoms with Crippen LogP contribution in [0.2, 0.25) is 0 Å². The molecule has 7 nitrogen and oxygen atoms in total. The number of aromatic nitrogens is 2. The highest BCUT2D eigenvalue weighted by molar-refractivity contribution is 7.17. The van der Waals surface area contributed by atoms with Gasteiger partial charge in [0.2, 0.25) is 5.91 Å². The number of nitrogens with zero attached hydrogens (tertiary/aromatic N) is 2. The summed E-state index contributed by atoms with van der Waals surface area (Å²) in [5.74, 6) is 1.04. The fraction of sp³-hybridized carbons (Fsp3) is 0.278. The summed E-state index contributed by atoms with van der Waals surface area (Å²) in [6.45, 7) is 3.34. The molecule has 0 aliphatic heterocycles. The van der Waals surface area contributed by atoms with Crippen LogP contribution in [0.1, 0.15) is 22.3 Å². The third-order valence-corrected chi connectivity index (χ3v) is 5.13. The van der Waals surface area contributed by atoms with E-state index in [2.05, 4.69) is 10.3 Å². The van der Waals surface area contributed by atoms with Gasteiger partial charge in [0.15, 0.2) is 10.9 Å². The lowest BCUT2D eigenvalue weighted by Gasteiger charge is -2.09. The molecule has 136 valence electrons. The number of methoxy groups -OCH3 is 2. The van der Waals surface area contributed by atoms with E-state index in [4.69, 9.17) is 9.47 Å². The number of carbonyl (C=O) groups is 2. The summed E-state index contributed by atoms with van der Waals surface area (Å²) >= 11 is 1.18. The molecule has 1 N–H and O–H groups in total. The summed E-state index contributed by atoms with van der Waals surface area (Å²) < 4.78 is 12.5. The molecule has 26 heavy (non-hydrogen) atoms. The molecule has 0 spiro atoms. The minimum absolute atomic E-state index is 0.0592. The Morgan fingerprint density at radius 2 is 2.04 bits per heavy atom. The molecular weight excluding hydrogens is 354 g/mol. The lowest BCUT2D eigenvalue weighted by Crippen LogP contribution is -2.18. The van der Waals surface area contributed by atoms with Crippen molar-refractivity contribution in [1.82, 2.24) is 9.55 Å². The second-order valence-electron chi connectivity index (χ2n) is 5.74. The molecule has 1 amide bonds. The summed E-state index contributed by atoms with van der Waals surface area (Å²) in [5.41, 5.74) is 1.45. The van der Waals surface area contributed by atoms with Crippen LogP contribution >= 0.6 is 11.3 Å². The maximum atomic E-state index is 12.4. The Morgan fingerprint density at radius 3 is 2.65 bits per heavy atom. The van der Waals surface area contributed by atoms with E-state index in [1.165, 1.54) is 18.3 Å². The van der Waals surface area contributed by atoms with E-state index in [1.807, 2.05) is 22.9 Å². The summed E-state index contributed by atoms with van der Waals surface area (Å²) in [4.78, 5) is 28.7. The minimum atomic E-state index is -0.229. The van der Waals surface area contributed by atoms with Gasteiger partial charge >= 0.3 is 0 Å². The first-order valence-electron chi connectivity index (χ1n) is 7.92. The van der Waals surface area contributed by atoms with Crippen molar-refractivity contribution in [3.8, 4) is 11.5 Å². The Balaban J connectivity index is 1.83. The molecule has 8 heteroatoms. The zero-order chi connectivity index (χ0) is 18.8. The molecule has 0 unspecified atom stereocenters. The predicted molar refractivity (Wildman–Crippen MR) is 101 cm³/mol. The van der Waals surface area contributed by atoms with Crippen molar-refractivity contribution >= 4 is 39.1 Å². The standard InChI is InChI=1S/C18H19N3O4S/c1-10-17(11(2)22)26-18(19-10)20-16(23)9-21-6-5-13-14(21)7-12(24-3)8-15(13)25-4/h5-8H,9H2,1-4H3,(H,19,20,23). The molecule has 2 heterocycles. The molecule has 0 atom stereocenters. The number of hydrogen-bond acceptors (Lipinski definition) is 6. The minimum Gasteiger partial charge on any atom is -0.497 e. The average Bonchev–Trinajstić information content (AvgIpc) is 3.17. The molecular formula is C18H19N3O4S. The zero-order valence-corrected chi connectivity index (χ0v) is 15.8. The highest BCUT2D eigenvalue weighted by Crippen LogP contribution is 2.32. The molecule has 0 aliphatic carbocycles. The van der Waals surface area contributed by atoms with Gasteiger partial charge in [-0.25, -0.2) is 4.98 Å². The topological polar surface area (TPSA) is 82.4 Å². The molecule has 0 bridgehead atoms. The fourth-order valence-electron chi connectivity index (χ4n) is 2.75. The second kappa shape index (κ2) is 7.17. The number of thiazole rings is 1. The van der Waals surface area contributed by atoms with Gasteiger partial charge in [-0.2, -0.15) is 0 Å². The SMILES string of the molecule is COc1cc(OC)c2ccn(CC(=O)Nc3nc(C)c(C(C)=O)s3)c2c1. The lowest BCUT2D eigenvalue weighted by atomic mass is 10.2. The summed E-state index contributed by atoms with van der Waals surface area (Å²) in [7, 11) is 3.17. The lowest BCUT2D eigenvalue weighted by molar-refractivity contribution is -0.116. The van der Waals surface area contributed by atoms with Crippen LogP contribution in [0.4, 0.5) is 5.13 Å². The van der Waals surface area contributed by atoms with E-state index in [1.54, 1.807) is 27.2 Å². The van der Waals surface area contributed by atoms with Crippen molar-refractivity contribution in [1.29, 1.82) is 0 Å². The van der Waals surface area contributed by atoms with Gasteiger partial charge in [-0.1, -0.05) is 11.3 Å². The maximum absolute atomic E-state index is 12.4.